The van der Waals surface area contributed by atoms with E-state index in [1.807, 2.05) is 48.5 Å². The maximum absolute atomic E-state index is 8.70. The predicted octanol–water partition coefficient (Wildman–Crippen LogP) is 3.09. The summed E-state index contributed by atoms with van der Waals surface area (Å²) in [6.07, 6.45) is 4.84. The largest absolute Gasteiger partial charge is 0.359 e. The van der Waals surface area contributed by atoms with Gasteiger partial charge in [0.1, 0.15) is 17.7 Å². The van der Waals surface area contributed by atoms with Gasteiger partial charge >= 0.3 is 0 Å². The Hall–Kier alpha value is -3.11. The molecule has 0 atom stereocenters. The van der Waals surface area contributed by atoms with Gasteiger partial charge in [-0.25, -0.2) is 0 Å². The maximum Gasteiger partial charge on any atom is 0.145 e. The van der Waals surface area contributed by atoms with E-state index in [1.165, 1.54) is 6.20 Å². The average Bonchev–Trinajstić information content (AvgIpc) is 2.49. The molecule has 1 N–H and O–H groups in total. The SMILES string of the molecule is N#CC(C#N)=CNc1ccccc1-c1ccncc1. The summed E-state index contributed by atoms with van der Waals surface area (Å²) in [6, 6.07) is 15.1. The van der Waals surface area contributed by atoms with E-state index in [0.717, 1.165) is 16.8 Å². The molecule has 0 spiro atoms. The zero-order valence-electron chi connectivity index (χ0n) is 10.0. The van der Waals surface area contributed by atoms with Crippen LogP contribution in [0.4, 0.5) is 5.69 Å². The first kappa shape index (κ1) is 12.3. The number of nitrogens with one attached hydrogen (secondary N) is 1. The number of allylic oxidation sites excluding steroid dienone is 1. The van der Waals surface area contributed by atoms with Gasteiger partial charge in [-0.15, -0.1) is 0 Å². The number of aromatic nitrogens is 1. The fourth-order valence-electron chi connectivity index (χ4n) is 1.63. The summed E-state index contributed by atoms with van der Waals surface area (Å²) in [5.74, 6) is 0. The number of pyridine rings is 1. The summed E-state index contributed by atoms with van der Waals surface area (Å²) < 4.78 is 0. The number of para-hydroxylation sites is 1. The van der Waals surface area contributed by atoms with Gasteiger partial charge in [-0.2, -0.15) is 10.5 Å². The number of hydrogen-bond donors (Lipinski definition) is 1. The number of benzene rings is 1. The van der Waals surface area contributed by atoms with Gasteiger partial charge in [0.2, 0.25) is 0 Å². The monoisotopic (exact) mass is 246 g/mol. The highest BCUT2D eigenvalue weighted by Crippen LogP contribution is 2.27. The molecule has 2 rings (SSSR count). The molecule has 0 bridgehead atoms. The Bertz CT molecular complexity index is 659. The molecule has 0 aliphatic heterocycles. The first-order valence-corrected chi connectivity index (χ1v) is 5.61. The zero-order chi connectivity index (χ0) is 13.5. The summed E-state index contributed by atoms with van der Waals surface area (Å²) in [7, 11) is 0. The van der Waals surface area contributed by atoms with Crippen LogP contribution in [0.25, 0.3) is 11.1 Å². The van der Waals surface area contributed by atoms with Crippen molar-refractivity contribution in [3.05, 3.63) is 60.6 Å². The lowest BCUT2D eigenvalue weighted by molar-refractivity contribution is 1.33. The van der Waals surface area contributed by atoms with Crippen molar-refractivity contribution in [1.82, 2.24) is 4.98 Å². The van der Waals surface area contributed by atoms with Crippen LogP contribution in [0.15, 0.2) is 60.6 Å². The van der Waals surface area contributed by atoms with E-state index in [9.17, 15) is 0 Å². The summed E-state index contributed by atoms with van der Waals surface area (Å²) in [4.78, 5) is 3.98. The van der Waals surface area contributed by atoms with E-state index >= 15 is 0 Å². The minimum atomic E-state index is 0.0320. The number of anilines is 1. The molecular formula is C15H10N4. The third kappa shape index (κ3) is 2.96. The van der Waals surface area contributed by atoms with Crippen molar-refractivity contribution in [3.63, 3.8) is 0 Å². The van der Waals surface area contributed by atoms with E-state index in [2.05, 4.69) is 10.3 Å². The highest BCUT2D eigenvalue weighted by molar-refractivity contribution is 5.78. The predicted molar refractivity (Wildman–Crippen MR) is 72.6 cm³/mol. The number of nitrogens with zero attached hydrogens (tertiary/aromatic N) is 3. The van der Waals surface area contributed by atoms with Crippen LogP contribution in [0.2, 0.25) is 0 Å². The highest BCUT2D eigenvalue weighted by Gasteiger charge is 2.03. The number of nitriles is 2. The van der Waals surface area contributed by atoms with Crippen LogP contribution in [-0.4, -0.2) is 4.98 Å². The van der Waals surface area contributed by atoms with Gasteiger partial charge in [0, 0.05) is 29.8 Å². The van der Waals surface area contributed by atoms with Crippen molar-refractivity contribution < 1.29 is 0 Å². The Morgan fingerprint density at radius 2 is 1.74 bits per heavy atom. The molecule has 90 valence electrons. The molecule has 2 aromatic rings. The molecule has 19 heavy (non-hydrogen) atoms. The molecule has 1 aromatic carbocycles. The second-order valence-corrected chi connectivity index (χ2v) is 3.71. The molecule has 0 saturated carbocycles. The second kappa shape index (κ2) is 6.00. The van der Waals surface area contributed by atoms with Crippen LogP contribution in [-0.2, 0) is 0 Å². The van der Waals surface area contributed by atoms with Gasteiger partial charge < -0.3 is 5.32 Å². The van der Waals surface area contributed by atoms with Crippen molar-refractivity contribution in [1.29, 1.82) is 10.5 Å². The third-order valence-corrected chi connectivity index (χ3v) is 2.53. The van der Waals surface area contributed by atoms with Crippen LogP contribution in [0.1, 0.15) is 0 Å². The zero-order valence-corrected chi connectivity index (χ0v) is 10.0. The molecule has 4 nitrogen and oxygen atoms in total. The second-order valence-electron chi connectivity index (χ2n) is 3.71. The van der Waals surface area contributed by atoms with Crippen molar-refractivity contribution in [2.24, 2.45) is 0 Å². The van der Waals surface area contributed by atoms with Gasteiger partial charge in [-0.1, -0.05) is 18.2 Å². The van der Waals surface area contributed by atoms with Gasteiger partial charge in [-0.3, -0.25) is 4.98 Å². The van der Waals surface area contributed by atoms with Crippen LogP contribution in [0, 0.1) is 22.7 Å². The lowest BCUT2D eigenvalue weighted by Crippen LogP contribution is -1.93. The first-order valence-electron chi connectivity index (χ1n) is 5.61. The molecule has 0 radical (unpaired) electrons. The molecular weight excluding hydrogens is 236 g/mol. The Morgan fingerprint density at radius 3 is 2.42 bits per heavy atom. The number of rotatable bonds is 3. The number of hydrogen-bond acceptors (Lipinski definition) is 4. The Labute approximate surface area is 111 Å². The van der Waals surface area contributed by atoms with E-state index in [4.69, 9.17) is 10.5 Å². The third-order valence-electron chi connectivity index (χ3n) is 2.53. The smallest absolute Gasteiger partial charge is 0.145 e. The quantitative estimate of drug-likeness (QED) is 0.844. The van der Waals surface area contributed by atoms with Crippen LogP contribution in [0.3, 0.4) is 0 Å². The molecule has 0 saturated heterocycles. The highest BCUT2D eigenvalue weighted by atomic mass is 14.8. The molecule has 1 aromatic heterocycles. The van der Waals surface area contributed by atoms with Gasteiger partial charge in [-0.05, 0) is 23.8 Å². The molecule has 0 aliphatic rings. The summed E-state index contributed by atoms with van der Waals surface area (Å²) in [6.45, 7) is 0. The van der Waals surface area contributed by atoms with Crippen LogP contribution >= 0.6 is 0 Å². The van der Waals surface area contributed by atoms with Crippen LogP contribution in [0.5, 0.6) is 0 Å². The molecule has 1 heterocycles. The minimum absolute atomic E-state index is 0.0320. The normalized spacial score (nSPS) is 8.95. The lowest BCUT2D eigenvalue weighted by atomic mass is 10.1. The van der Waals surface area contributed by atoms with E-state index < -0.39 is 0 Å². The van der Waals surface area contributed by atoms with Crippen molar-refractivity contribution in [3.8, 4) is 23.3 Å². The van der Waals surface area contributed by atoms with Crippen molar-refractivity contribution in [2.75, 3.05) is 5.32 Å². The minimum Gasteiger partial charge on any atom is -0.359 e. The lowest BCUT2D eigenvalue weighted by Gasteiger charge is -2.08. The van der Waals surface area contributed by atoms with E-state index in [0.29, 0.717) is 0 Å². The summed E-state index contributed by atoms with van der Waals surface area (Å²) in [5.41, 5.74) is 2.86. The van der Waals surface area contributed by atoms with Gasteiger partial charge in [0.25, 0.3) is 0 Å². The Kier molecular flexibility index (Phi) is 3.90. The van der Waals surface area contributed by atoms with Gasteiger partial charge in [0.05, 0.1) is 0 Å². The molecule has 4 heteroatoms. The Balaban J connectivity index is 2.36. The fourth-order valence-corrected chi connectivity index (χ4v) is 1.63. The van der Waals surface area contributed by atoms with Gasteiger partial charge in [0.15, 0.2) is 0 Å². The maximum atomic E-state index is 8.70. The van der Waals surface area contributed by atoms with Crippen molar-refractivity contribution >= 4 is 5.69 Å². The molecule has 0 unspecified atom stereocenters. The first-order chi connectivity index (χ1) is 9.35. The Morgan fingerprint density at radius 1 is 1.05 bits per heavy atom. The molecule has 0 amide bonds. The standard InChI is InChI=1S/C15H10N4/c16-9-12(10-17)11-19-15-4-2-1-3-14(15)13-5-7-18-8-6-13/h1-8,11,19H. The fraction of sp³-hybridized carbons (Fsp3) is 0. The van der Waals surface area contributed by atoms with Crippen molar-refractivity contribution in [2.45, 2.75) is 0 Å². The molecule has 0 fully saturated rings. The topological polar surface area (TPSA) is 72.5 Å². The summed E-state index contributed by atoms with van der Waals surface area (Å²) in [5, 5.41) is 20.4. The van der Waals surface area contributed by atoms with E-state index in [-0.39, 0.29) is 5.57 Å². The average molecular weight is 246 g/mol. The van der Waals surface area contributed by atoms with Crippen LogP contribution < -0.4 is 5.32 Å². The van der Waals surface area contributed by atoms with E-state index in [1.54, 1.807) is 12.4 Å². The molecule has 0 aliphatic carbocycles. The summed E-state index contributed by atoms with van der Waals surface area (Å²) >= 11 is 0.